The van der Waals surface area contributed by atoms with Gasteiger partial charge in [-0.05, 0) is 67.4 Å². The third-order valence-electron chi connectivity index (χ3n) is 11.9. The molecular weight excluding hydrogens is 709 g/mol. The largest absolute Gasteiger partial charge is 0.321 e. The SMILES string of the molecule is Cn1c2ccc3ccccc3c2c2c3ccccc3ccc2n(C)p1CCNCCp1n(C)c2ccc3ccccc3c2c2c3ccccc3ccc2n1C. The number of aryl methyl sites for hydroxylation is 4. The fourth-order valence-corrected chi connectivity index (χ4v) is 13.5. The van der Waals surface area contributed by atoms with E-state index in [1.54, 1.807) is 0 Å². The highest BCUT2D eigenvalue weighted by molar-refractivity contribution is 7.42. The van der Waals surface area contributed by atoms with Gasteiger partial charge >= 0.3 is 0 Å². The van der Waals surface area contributed by atoms with Crippen molar-refractivity contribution in [3.63, 3.8) is 0 Å². The lowest BCUT2D eigenvalue weighted by Crippen LogP contribution is -2.19. The first-order chi connectivity index (χ1) is 27.0. The molecule has 7 heteroatoms. The zero-order chi connectivity index (χ0) is 37.2. The number of fused-ring (bicyclic) bond motifs is 14. The van der Waals surface area contributed by atoms with E-state index in [1.807, 2.05) is 0 Å². The van der Waals surface area contributed by atoms with Crippen LogP contribution in [0.5, 0.6) is 0 Å². The maximum absolute atomic E-state index is 3.94. The Hall–Kier alpha value is -5.44. The monoisotopic (exact) mass is 753 g/mol. The van der Waals surface area contributed by atoms with Crippen LogP contribution in [0.3, 0.4) is 0 Å². The summed E-state index contributed by atoms with van der Waals surface area (Å²) in [6.45, 7) is 1.90. The van der Waals surface area contributed by atoms with Crippen LogP contribution in [0.1, 0.15) is 0 Å². The van der Waals surface area contributed by atoms with E-state index in [9.17, 15) is 0 Å². The highest BCUT2D eigenvalue weighted by Crippen LogP contribution is 2.42. The number of nitrogens with zero attached hydrogens (tertiary/aromatic N) is 4. The molecule has 10 aromatic rings. The molecule has 0 fully saturated rings. The van der Waals surface area contributed by atoms with Gasteiger partial charge < -0.3 is 22.6 Å². The molecule has 0 saturated heterocycles. The van der Waals surface area contributed by atoms with Crippen LogP contribution in [0.25, 0.3) is 86.7 Å². The molecule has 0 aliphatic heterocycles. The van der Waals surface area contributed by atoms with E-state index in [0.717, 1.165) is 25.4 Å². The minimum absolute atomic E-state index is 0.673. The molecule has 5 nitrogen and oxygen atoms in total. The fourth-order valence-electron chi connectivity index (χ4n) is 9.15. The zero-order valence-electron chi connectivity index (χ0n) is 31.9. The highest BCUT2D eigenvalue weighted by Gasteiger charge is 2.16. The Bertz CT molecular complexity index is 2820. The molecule has 0 aliphatic carbocycles. The summed E-state index contributed by atoms with van der Waals surface area (Å²) in [5.74, 6) is 0. The molecule has 2 heterocycles. The summed E-state index contributed by atoms with van der Waals surface area (Å²) in [5.41, 5.74) is 5.26. The molecule has 2 aromatic heterocycles. The second-order valence-electron chi connectivity index (χ2n) is 14.8. The van der Waals surface area contributed by atoms with E-state index in [4.69, 9.17) is 0 Å². The third kappa shape index (κ3) is 5.48. The lowest BCUT2D eigenvalue weighted by Gasteiger charge is -2.16. The lowest BCUT2D eigenvalue weighted by atomic mass is 9.98. The quantitative estimate of drug-likeness (QED) is 0.169. The fraction of sp³-hybridized carbons (Fsp3) is 0.167. The van der Waals surface area contributed by atoms with Gasteiger partial charge in [0, 0.05) is 90.9 Å². The molecule has 272 valence electrons. The van der Waals surface area contributed by atoms with Crippen LogP contribution < -0.4 is 5.32 Å². The molecular formula is C48H45N5P2. The number of hydrogen-bond donors (Lipinski definition) is 1. The van der Waals surface area contributed by atoms with Gasteiger partial charge in [-0.25, -0.2) is 0 Å². The van der Waals surface area contributed by atoms with Gasteiger partial charge in [-0.1, -0.05) is 121 Å². The van der Waals surface area contributed by atoms with Gasteiger partial charge in [-0.3, -0.25) is 0 Å². The predicted molar refractivity (Wildman–Crippen MR) is 242 cm³/mol. The van der Waals surface area contributed by atoms with Crippen LogP contribution >= 0.6 is 15.7 Å². The molecule has 8 aromatic carbocycles. The van der Waals surface area contributed by atoms with E-state index >= 15 is 0 Å². The summed E-state index contributed by atoms with van der Waals surface area (Å²) in [5, 5.41) is 19.7. The van der Waals surface area contributed by atoms with E-state index in [1.165, 1.54) is 86.7 Å². The maximum Gasteiger partial charge on any atom is 0.0532 e. The Labute approximate surface area is 323 Å². The van der Waals surface area contributed by atoms with Gasteiger partial charge in [-0.15, -0.1) is 0 Å². The zero-order valence-corrected chi connectivity index (χ0v) is 33.7. The first-order valence-electron chi connectivity index (χ1n) is 19.3. The van der Waals surface area contributed by atoms with Crippen LogP contribution in [0.2, 0.25) is 0 Å². The molecule has 0 aliphatic rings. The van der Waals surface area contributed by atoms with Crippen molar-refractivity contribution in [2.24, 2.45) is 28.2 Å². The van der Waals surface area contributed by atoms with E-state index in [-0.39, 0.29) is 0 Å². The molecule has 1 N–H and O–H groups in total. The summed E-state index contributed by atoms with van der Waals surface area (Å²) in [6.07, 6.45) is 2.10. The smallest absolute Gasteiger partial charge is 0.0532 e. The molecule has 0 saturated carbocycles. The second kappa shape index (κ2) is 13.7. The highest BCUT2D eigenvalue weighted by atomic mass is 31.1. The minimum atomic E-state index is -0.673. The number of nitrogens with one attached hydrogen (secondary N) is 1. The Morgan fingerprint density at radius 1 is 0.345 bits per heavy atom. The Morgan fingerprint density at radius 3 is 0.873 bits per heavy atom. The van der Waals surface area contributed by atoms with Gasteiger partial charge in [0.2, 0.25) is 0 Å². The topological polar surface area (TPSA) is 31.8 Å². The van der Waals surface area contributed by atoms with Crippen LogP contribution in [0, 0.1) is 0 Å². The Kier molecular flexibility index (Phi) is 8.49. The first-order valence-corrected chi connectivity index (χ1v) is 22.1. The molecule has 0 atom stereocenters. The standard InChI is InChI=1S/C48H45N5P2/c1-50-41-25-21-33-13-5-9-17-37(33)45(41)46-38-18-10-6-14-34(38)22-26-42(46)51(2)54(50)31-29-49-30-32-55-52(3)43-27-23-35-15-7-11-19-39(35)47(43)48-40-20-12-8-16-36(40)24-28-44(48)53(55)4/h5-28,49H,29-32H2,1-4H3. The summed E-state index contributed by atoms with van der Waals surface area (Å²) in [6, 6.07) is 54.1. The van der Waals surface area contributed by atoms with Crippen molar-refractivity contribution in [3.05, 3.63) is 146 Å². The van der Waals surface area contributed by atoms with Gasteiger partial charge in [0.15, 0.2) is 0 Å². The molecule has 0 unspecified atom stereocenters. The summed E-state index contributed by atoms with van der Waals surface area (Å²) in [7, 11) is 7.90. The summed E-state index contributed by atoms with van der Waals surface area (Å²) >= 11 is 0. The van der Waals surface area contributed by atoms with Gasteiger partial charge in [0.25, 0.3) is 0 Å². The first kappa shape index (κ1) is 34.1. The van der Waals surface area contributed by atoms with Crippen LogP contribution in [0.4, 0.5) is 0 Å². The van der Waals surface area contributed by atoms with Crippen molar-refractivity contribution < 1.29 is 0 Å². The van der Waals surface area contributed by atoms with Gasteiger partial charge in [0.05, 0.1) is 22.1 Å². The second-order valence-corrected chi connectivity index (χ2v) is 19.5. The number of aromatic nitrogens is 4. The Balaban J connectivity index is 1.05. The minimum Gasteiger partial charge on any atom is -0.321 e. The average Bonchev–Trinajstić information content (AvgIpc) is 3.38. The normalized spacial score (nSPS) is 12.0. The predicted octanol–water partition coefficient (Wildman–Crippen LogP) is 12.8. The van der Waals surface area contributed by atoms with Crippen molar-refractivity contribution in [2.45, 2.75) is 12.3 Å². The Morgan fingerprint density at radius 2 is 0.600 bits per heavy atom. The molecule has 0 radical (unpaired) electrons. The molecule has 55 heavy (non-hydrogen) atoms. The molecule has 10 rings (SSSR count). The number of benzene rings is 8. The van der Waals surface area contributed by atoms with Crippen molar-refractivity contribution in [1.82, 2.24) is 22.6 Å². The molecule has 0 bridgehead atoms. The van der Waals surface area contributed by atoms with Gasteiger partial charge in [-0.2, -0.15) is 0 Å². The van der Waals surface area contributed by atoms with E-state index in [2.05, 4.69) is 196 Å². The number of rotatable bonds is 6. The third-order valence-corrected chi connectivity index (χ3v) is 16.8. The van der Waals surface area contributed by atoms with Crippen LogP contribution in [-0.4, -0.2) is 30.4 Å². The van der Waals surface area contributed by atoms with Crippen molar-refractivity contribution in [2.75, 3.05) is 13.1 Å². The van der Waals surface area contributed by atoms with Crippen molar-refractivity contribution in [3.8, 4) is 0 Å². The van der Waals surface area contributed by atoms with E-state index < -0.39 is 15.7 Å². The van der Waals surface area contributed by atoms with Crippen LogP contribution in [0.15, 0.2) is 146 Å². The van der Waals surface area contributed by atoms with Crippen molar-refractivity contribution in [1.29, 1.82) is 0 Å². The molecule has 0 amide bonds. The lowest BCUT2D eigenvalue weighted by molar-refractivity contribution is 0.722. The van der Waals surface area contributed by atoms with Crippen LogP contribution in [-0.2, 0) is 40.5 Å². The summed E-state index contributed by atoms with van der Waals surface area (Å²) < 4.78 is 10.3. The van der Waals surface area contributed by atoms with Crippen molar-refractivity contribution >= 4 is 102 Å². The van der Waals surface area contributed by atoms with Gasteiger partial charge in [0.1, 0.15) is 0 Å². The maximum atomic E-state index is 3.94. The summed E-state index contributed by atoms with van der Waals surface area (Å²) in [4.78, 5) is 0. The van der Waals surface area contributed by atoms with E-state index in [0.29, 0.717) is 0 Å². The molecule has 0 spiro atoms. The number of hydrogen-bond acceptors (Lipinski definition) is 1. The average molecular weight is 754 g/mol.